The van der Waals surface area contributed by atoms with Gasteiger partial charge in [0.05, 0.1) is 5.56 Å². The molecule has 3 rings (SSSR count). The Hall–Kier alpha value is -3.94. The van der Waals surface area contributed by atoms with Crippen molar-refractivity contribution in [1.29, 1.82) is 0 Å². The van der Waals surface area contributed by atoms with Crippen LogP contribution in [0.1, 0.15) is 21.5 Å². The molecule has 0 saturated carbocycles. The Morgan fingerprint density at radius 2 is 1.67 bits per heavy atom. The zero-order chi connectivity index (χ0) is 19.4. The zero-order valence-electron chi connectivity index (χ0n) is 13.9. The lowest BCUT2D eigenvalue weighted by molar-refractivity contribution is -0.123. The van der Waals surface area contributed by atoms with E-state index in [2.05, 4.69) is 0 Å². The number of aromatic carboxylic acids is 1. The van der Waals surface area contributed by atoms with E-state index in [4.69, 9.17) is 9.84 Å². The second-order valence-electron chi connectivity index (χ2n) is 5.66. The van der Waals surface area contributed by atoms with Crippen LogP contribution in [0, 0.1) is 0 Å². The number of urea groups is 1. The van der Waals surface area contributed by atoms with Gasteiger partial charge in [-0.25, -0.2) is 9.59 Å². The molecule has 1 aliphatic heterocycles. The molecule has 0 bridgehead atoms. The Morgan fingerprint density at radius 1 is 1.00 bits per heavy atom. The van der Waals surface area contributed by atoms with Gasteiger partial charge in [0.2, 0.25) is 0 Å². The fraction of sp³-hybridized carbons (Fsp3) is 0.0526. The van der Waals surface area contributed by atoms with Crippen LogP contribution < -0.4 is 15.4 Å². The van der Waals surface area contributed by atoms with Crippen molar-refractivity contribution in [2.24, 2.45) is 0 Å². The maximum Gasteiger partial charge on any atom is 0.335 e. The van der Waals surface area contributed by atoms with E-state index >= 15 is 0 Å². The predicted molar refractivity (Wildman–Crippen MR) is 93.8 cm³/mol. The molecule has 4 amide bonds. The molecule has 136 valence electrons. The van der Waals surface area contributed by atoms with Crippen molar-refractivity contribution in [3.8, 4) is 5.75 Å². The molecule has 0 aromatic heterocycles. The molecule has 1 saturated heterocycles. The molecule has 0 atom stereocenters. The highest BCUT2D eigenvalue weighted by molar-refractivity contribution is 6.31. The van der Waals surface area contributed by atoms with Gasteiger partial charge in [0.15, 0.2) is 0 Å². The first-order valence-corrected chi connectivity index (χ1v) is 7.86. The first kappa shape index (κ1) is 17.9. The van der Waals surface area contributed by atoms with Gasteiger partial charge in [0.25, 0.3) is 11.8 Å². The first-order chi connectivity index (χ1) is 12.9. The number of benzene rings is 2. The summed E-state index contributed by atoms with van der Waals surface area (Å²) in [4.78, 5) is 45.4. The molecule has 1 aliphatic rings. The summed E-state index contributed by atoms with van der Waals surface area (Å²) < 4.78 is 5.61. The number of hydrogen-bond donors (Lipinski definition) is 3. The number of barbiturate groups is 1. The molecule has 2 aromatic carbocycles. The molecule has 1 fully saturated rings. The second kappa shape index (κ2) is 7.52. The van der Waals surface area contributed by atoms with Gasteiger partial charge < -0.3 is 9.84 Å². The van der Waals surface area contributed by atoms with Crippen LogP contribution in [0.5, 0.6) is 5.75 Å². The van der Waals surface area contributed by atoms with E-state index in [1.165, 1.54) is 18.2 Å². The molecule has 3 N–H and O–H groups in total. The molecule has 27 heavy (non-hydrogen) atoms. The maximum atomic E-state index is 11.7. The van der Waals surface area contributed by atoms with Crippen LogP contribution in [0.2, 0.25) is 0 Å². The van der Waals surface area contributed by atoms with Crippen molar-refractivity contribution >= 4 is 29.9 Å². The Bertz CT molecular complexity index is 940. The fourth-order valence-electron chi connectivity index (χ4n) is 2.39. The van der Waals surface area contributed by atoms with Gasteiger partial charge in [0, 0.05) is 0 Å². The zero-order valence-corrected chi connectivity index (χ0v) is 13.9. The summed E-state index contributed by atoms with van der Waals surface area (Å²) in [6.07, 6.45) is 1.36. The number of carboxylic acids is 1. The third kappa shape index (κ3) is 4.37. The van der Waals surface area contributed by atoms with E-state index < -0.39 is 23.8 Å². The normalized spacial score (nSPS) is 13.6. The van der Waals surface area contributed by atoms with Gasteiger partial charge in [-0.05, 0) is 41.5 Å². The van der Waals surface area contributed by atoms with Crippen molar-refractivity contribution in [3.05, 3.63) is 70.8 Å². The van der Waals surface area contributed by atoms with E-state index in [1.54, 1.807) is 36.4 Å². The Kier molecular flexibility index (Phi) is 4.98. The summed E-state index contributed by atoms with van der Waals surface area (Å²) in [5, 5.41) is 13.0. The summed E-state index contributed by atoms with van der Waals surface area (Å²) in [6.45, 7) is 0.189. The van der Waals surface area contributed by atoms with Gasteiger partial charge >= 0.3 is 12.0 Å². The van der Waals surface area contributed by atoms with Crippen LogP contribution in [0.25, 0.3) is 6.08 Å². The van der Waals surface area contributed by atoms with Crippen LogP contribution in [0.3, 0.4) is 0 Å². The third-order valence-corrected chi connectivity index (χ3v) is 3.71. The predicted octanol–water partition coefficient (Wildman–Crippen LogP) is 1.71. The summed E-state index contributed by atoms with van der Waals surface area (Å²) in [7, 11) is 0. The highest BCUT2D eigenvalue weighted by Crippen LogP contribution is 2.17. The molecular formula is C19H14N2O6. The van der Waals surface area contributed by atoms with E-state index in [0.717, 1.165) is 0 Å². The Balaban J connectivity index is 1.67. The van der Waals surface area contributed by atoms with Crippen molar-refractivity contribution in [2.45, 2.75) is 6.61 Å². The smallest absolute Gasteiger partial charge is 0.335 e. The lowest BCUT2D eigenvalue weighted by atomic mass is 10.1. The van der Waals surface area contributed by atoms with Gasteiger partial charge in [-0.3, -0.25) is 20.2 Å². The summed E-state index contributed by atoms with van der Waals surface area (Å²) in [5.74, 6) is -2.00. The number of rotatable bonds is 5. The van der Waals surface area contributed by atoms with Crippen molar-refractivity contribution < 1.29 is 29.0 Å². The van der Waals surface area contributed by atoms with Crippen molar-refractivity contribution in [1.82, 2.24) is 10.6 Å². The topological polar surface area (TPSA) is 122 Å². The van der Waals surface area contributed by atoms with Gasteiger partial charge in [-0.2, -0.15) is 0 Å². The quantitative estimate of drug-likeness (QED) is 0.547. The van der Waals surface area contributed by atoms with E-state index in [-0.39, 0.29) is 17.7 Å². The number of amides is 4. The van der Waals surface area contributed by atoms with Crippen molar-refractivity contribution in [3.63, 3.8) is 0 Å². The second-order valence-corrected chi connectivity index (χ2v) is 5.66. The maximum absolute atomic E-state index is 11.7. The third-order valence-electron chi connectivity index (χ3n) is 3.71. The number of ether oxygens (including phenoxy) is 1. The van der Waals surface area contributed by atoms with Crippen LogP contribution in [0.4, 0.5) is 4.79 Å². The van der Waals surface area contributed by atoms with E-state index in [1.807, 2.05) is 10.6 Å². The van der Waals surface area contributed by atoms with Crippen molar-refractivity contribution in [2.75, 3.05) is 0 Å². The standard InChI is InChI=1S/C19H14N2O6/c22-16-15(17(23)21-19(26)20-16)9-11-4-6-14(7-5-11)27-10-12-2-1-3-13(8-12)18(24)25/h1-9H,10H2,(H,24,25)(H2,20,21,22,23,26). The monoisotopic (exact) mass is 366 g/mol. The summed E-state index contributed by atoms with van der Waals surface area (Å²) in [5.41, 5.74) is 1.29. The van der Waals surface area contributed by atoms with Crippen LogP contribution in [0.15, 0.2) is 54.1 Å². The van der Waals surface area contributed by atoms with Crippen LogP contribution in [-0.2, 0) is 16.2 Å². The Labute approximate surface area is 153 Å². The molecule has 2 aromatic rings. The Morgan fingerprint density at radius 3 is 2.30 bits per heavy atom. The summed E-state index contributed by atoms with van der Waals surface area (Å²) >= 11 is 0. The molecule has 8 heteroatoms. The molecule has 0 spiro atoms. The molecule has 0 aliphatic carbocycles. The number of imide groups is 2. The first-order valence-electron chi connectivity index (χ1n) is 7.86. The largest absolute Gasteiger partial charge is 0.489 e. The average Bonchev–Trinajstić information content (AvgIpc) is 2.64. The molecule has 0 radical (unpaired) electrons. The van der Waals surface area contributed by atoms with Gasteiger partial charge in [-0.1, -0.05) is 24.3 Å². The van der Waals surface area contributed by atoms with Gasteiger partial charge in [-0.15, -0.1) is 0 Å². The van der Waals surface area contributed by atoms with Crippen LogP contribution in [-0.4, -0.2) is 28.9 Å². The number of hydrogen-bond acceptors (Lipinski definition) is 5. The lowest BCUT2D eigenvalue weighted by Gasteiger charge is -2.14. The van der Waals surface area contributed by atoms with E-state index in [9.17, 15) is 19.2 Å². The minimum atomic E-state index is -1.01. The highest BCUT2D eigenvalue weighted by Gasteiger charge is 2.27. The number of carboxylic acid groups (broad SMARTS) is 1. The average molecular weight is 366 g/mol. The molecular weight excluding hydrogens is 352 g/mol. The number of carbonyl (C=O) groups excluding carboxylic acids is 3. The minimum Gasteiger partial charge on any atom is -0.489 e. The lowest BCUT2D eigenvalue weighted by Crippen LogP contribution is -2.51. The van der Waals surface area contributed by atoms with Gasteiger partial charge in [0.1, 0.15) is 17.9 Å². The van der Waals surface area contributed by atoms with E-state index in [0.29, 0.717) is 16.9 Å². The molecule has 0 unspecified atom stereocenters. The highest BCUT2D eigenvalue weighted by atomic mass is 16.5. The summed E-state index contributed by atoms with van der Waals surface area (Å²) in [6, 6.07) is 12.2. The number of nitrogens with one attached hydrogen (secondary N) is 2. The SMILES string of the molecule is O=C1NC(=O)C(=Cc2ccc(OCc3cccc(C(=O)O)c3)cc2)C(=O)N1. The molecule has 1 heterocycles. The molecule has 8 nitrogen and oxygen atoms in total. The fourth-order valence-corrected chi connectivity index (χ4v) is 2.39. The minimum absolute atomic E-state index is 0.172. The number of carbonyl (C=O) groups is 4. The van der Waals surface area contributed by atoms with Crippen LogP contribution >= 0.6 is 0 Å².